The summed E-state index contributed by atoms with van der Waals surface area (Å²) in [7, 11) is 0. The van der Waals surface area contributed by atoms with Crippen molar-refractivity contribution in [3.05, 3.63) is 64.2 Å². The van der Waals surface area contributed by atoms with E-state index in [9.17, 15) is 9.90 Å². The van der Waals surface area contributed by atoms with E-state index in [0.717, 1.165) is 29.8 Å². The molecular weight excluding hydrogens is 402 g/mol. The van der Waals surface area contributed by atoms with Gasteiger partial charge in [-0.2, -0.15) is 0 Å². The number of carbonyl (C=O) groups excluding carboxylic acids is 1. The van der Waals surface area contributed by atoms with Crippen LogP contribution in [0.1, 0.15) is 22.7 Å². The van der Waals surface area contributed by atoms with Gasteiger partial charge in [0.25, 0.3) is 0 Å². The molecule has 1 heterocycles. The summed E-state index contributed by atoms with van der Waals surface area (Å²) < 4.78 is 5.63. The Hall–Kier alpha value is -2.12. The quantitative estimate of drug-likeness (QED) is 0.671. The summed E-state index contributed by atoms with van der Waals surface area (Å²) in [6.45, 7) is 7.68. The second-order valence-electron chi connectivity index (χ2n) is 7.87. The Morgan fingerprint density at radius 1 is 1.13 bits per heavy atom. The van der Waals surface area contributed by atoms with E-state index >= 15 is 0 Å². The number of halogens is 1. The second-order valence-corrected chi connectivity index (χ2v) is 8.31. The molecule has 1 aliphatic rings. The van der Waals surface area contributed by atoms with Crippen molar-refractivity contribution in [3.8, 4) is 5.75 Å². The van der Waals surface area contributed by atoms with Crippen molar-refractivity contribution in [1.82, 2.24) is 9.80 Å². The van der Waals surface area contributed by atoms with E-state index in [0.29, 0.717) is 30.4 Å². The number of carbonyl (C=O) groups is 1. The van der Waals surface area contributed by atoms with E-state index in [1.165, 1.54) is 0 Å². The number of nitrogens with two attached hydrogens (primary N) is 1. The molecule has 2 unspecified atom stereocenters. The summed E-state index contributed by atoms with van der Waals surface area (Å²) in [5.74, 6) is 0.320. The third kappa shape index (κ3) is 5.73. The Labute approximate surface area is 183 Å². The van der Waals surface area contributed by atoms with E-state index < -0.39 is 12.1 Å². The normalized spacial score (nSPS) is 17.5. The zero-order valence-electron chi connectivity index (χ0n) is 17.6. The van der Waals surface area contributed by atoms with Crippen molar-refractivity contribution in [2.75, 3.05) is 39.3 Å². The molecule has 7 heteroatoms. The number of primary amides is 1. The second kappa shape index (κ2) is 10.3. The molecule has 1 fully saturated rings. The standard InChI is InChI=1S/C23H30ClN3O3/c1-16-5-3-6-17(2)21(16)22(23(25)29)27-11-9-26(10-12-27)14-19(28)15-30-20-8-4-7-18(24)13-20/h3-8,13,19,22,28H,9-12,14-15H2,1-2H3,(H2,25,29). The predicted molar refractivity (Wildman–Crippen MR) is 119 cm³/mol. The molecule has 0 aliphatic carbocycles. The summed E-state index contributed by atoms with van der Waals surface area (Å²) in [5.41, 5.74) is 8.96. The highest BCUT2D eigenvalue weighted by Gasteiger charge is 2.31. The number of piperazine rings is 1. The van der Waals surface area contributed by atoms with Gasteiger partial charge < -0.3 is 15.6 Å². The zero-order valence-corrected chi connectivity index (χ0v) is 18.3. The monoisotopic (exact) mass is 431 g/mol. The van der Waals surface area contributed by atoms with Gasteiger partial charge in [0.2, 0.25) is 5.91 Å². The molecule has 1 amide bonds. The first kappa shape index (κ1) is 22.6. The lowest BCUT2D eigenvalue weighted by molar-refractivity contribution is -0.124. The van der Waals surface area contributed by atoms with Crippen LogP contribution < -0.4 is 10.5 Å². The highest BCUT2D eigenvalue weighted by Crippen LogP contribution is 2.28. The van der Waals surface area contributed by atoms with Crippen molar-refractivity contribution in [1.29, 1.82) is 0 Å². The number of hydrogen-bond donors (Lipinski definition) is 2. The molecule has 3 rings (SSSR count). The molecule has 2 aromatic carbocycles. The van der Waals surface area contributed by atoms with Crippen molar-refractivity contribution < 1.29 is 14.6 Å². The lowest BCUT2D eigenvalue weighted by Gasteiger charge is -2.39. The number of benzene rings is 2. The third-order valence-electron chi connectivity index (χ3n) is 5.56. The first-order chi connectivity index (χ1) is 14.3. The molecule has 30 heavy (non-hydrogen) atoms. The Bertz CT molecular complexity index is 848. The van der Waals surface area contributed by atoms with Gasteiger partial charge >= 0.3 is 0 Å². The van der Waals surface area contributed by atoms with Gasteiger partial charge in [0.15, 0.2) is 0 Å². The summed E-state index contributed by atoms with van der Waals surface area (Å²) in [6.07, 6.45) is -0.610. The maximum absolute atomic E-state index is 12.3. The van der Waals surface area contributed by atoms with Crippen LogP contribution in [-0.2, 0) is 4.79 Å². The number of β-amino-alcohol motifs (C(OH)–C–C–N with tert-alkyl or cyclic N) is 1. The number of rotatable bonds is 8. The summed E-state index contributed by atoms with van der Waals surface area (Å²) in [5, 5.41) is 11.0. The molecule has 2 atom stereocenters. The molecule has 162 valence electrons. The molecule has 3 N–H and O–H groups in total. The minimum atomic E-state index is -0.610. The van der Waals surface area contributed by atoms with Crippen LogP contribution in [0.5, 0.6) is 5.75 Å². The SMILES string of the molecule is Cc1cccc(C)c1C(C(N)=O)N1CCN(CC(O)COc2cccc(Cl)c2)CC1. The van der Waals surface area contributed by atoms with Crippen LogP contribution in [0.15, 0.2) is 42.5 Å². The maximum atomic E-state index is 12.3. The highest BCUT2D eigenvalue weighted by molar-refractivity contribution is 6.30. The molecule has 0 radical (unpaired) electrons. The van der Waals surface area contributed by atoms with Gasteiger partial charge in [0.1, 0.15) is 24.5 Å². The Morgan fingerprint density at radius 3 is 2.37 bits per heavy atom. The third-order valence-corrected chi connectivity index (χ3v) is 5.80. The highest BCUT2D eigenvalue weighted by atomic mass is 35.5. The van der Waals surface area contributed by atoms with E-state index in [1.807, 2.05) is 44.2 Å². The number of amides is 1. The first-order valence-electron chi connectivity index (χ1n) is 10.2. The fourth-order valence-electron chi connectivity index (χ4n) is 4.07. The molecule has 0 aromatic heterocycles. The first-order valence-corrected chi connectivity index (χ1v) is 10.6. The van der Waals surface area contributed by atoms with Crippen molar-refractivity contribution in [3.63, 3.8) is 0 Å². The van der Waals surface area contributed by atoms with Crippen LogP contribution in [-0.4, -0.2) is 66.2 Å². The number of hydrogen-bond acceptors (Lipinski definition) is 5. The lowest BCUT2D eigenvalue weighted by atomic mass is 9.94. The lowest BCUT2D eigenvalue weighted by Crippen LogP contribution is -2.52. The van der Waals surface area contributed by atoms with E-state index in [1.54, 1.807) is 12.1 Å². The summed E-state index contributed by atoms with van der Waals surface area (Å²) >= 11 is 5.95. The molecule has 0 bridgehead atoms. The van der Waals surface area contributed by atoms with Gasteiger partial charge in [0.05, 0.1) is 0 Å². The number of ether oxygens (including phenoxy) is 1. The van der Waals surface area contributed by atoms with Gasteiger partial charge in [0, 0.05) is 37.7 Å². The van der Waals surface area contributed by atoms with Gasteiger partial charge in [-0.1, -0.05) is 35.9 Å². The van der Waals surface area contributed by atoms with Crippen LogP contribution in [0.25, 0.3) is 0 Å². The largest absolute Gasteiger partial charge is 0.491 e. The van der Waals surface area contributed by atoms with Gasteiger partial charge in [-0.05, 0) is 48.7 Å². The molecule has 1 aliphatic heterocycles. The topological polar surface area (TPSA) is 79.0 Å². The molecule has 0 spiro atoms. The van der Waals surface area contributed by atoms with E-state index in [2.05, 4.69) is 9.80 Å². The average Bonchev–Trinajstić information content (AvgIpc) is 2.70. The molecule has 6 nitrogen and oxygen atoms in total. The van der Waals surface area contributed by atoms with E-state index in [4.69, 9.17) is 22.1 Å². The van der Waals surface area contributed by atoms with Crippen molar-refractivity contribution >= 4 is 17.5 Å². The number of aryl methyl sites for hydroxylation is 2. The zero-order chi connectivity index (χ0) is 21.7. The Balaban J connectivity index is 1.53. The molecular formula is C23H30ClN3O3. The summed E-state index contributed by atoms with van der Waals surface area (Å²) in [6, 6.07) is 12.7. The van der Waals surface area contributed by atoms with Crippen molar-refractivity contribution in [2.24, 2.45) is 5.73 Å². The molecule has 2 aromatic rings. The molecule has 1 saturated heterocycles. The van der Waals surface area contributed by atoms with Crippen LogP contribution in [0.4, 0.5) is 0 Å². The fourth-order valence-corrected chi connectivity index (χ4v) is 4.25. The number of aliphatic hydroxyl groups excluding tert-OH is 1. The van der Waals surface area contributed by atoms with Gasteiger partial charge in [-0.3, -0.25) is 14.6 Å². The summed E-state index contributed by atoms with van der Waals surface area (Å²) in [4.78, 5) is 16.6. The van der Waals surface area contributed by atoms with Crippen molar-refractivity contribution in [2.45, 2.75) is 26.0 Å². The van der Waals surface area contributed by atoms with E-state index in [-0.39, 0.29) is 12.5 Å². The predicted octanol–water partition coefficient (Wildman–Crippen LogP) is 2.54. The Kier molecular flexibility index (Phi) is 7.72. The minimum Gasteiger partial charge on any atom is -0.491 e. The fraction of sp³-hybridized carbons (Fsp3) is 0.435. The van der Waals surface area contributed by atoms with Gasteiger partial charge in [-0.25, -0.2) is 0 Å². The van der Waals surface area contributed by atoms with Crippen LogP contribution in [0.3, 0.4) is 0 Å². The van der Waals surface area contributed by atoms with Gasteiger partial charge in [-0.15, -0.1) is 0 Å². The number of nitrogens with zero attached hydrogens (tertiary/aromatic N) is 2. The average molecular weight is 432 g/mol. The van der Waals surface area contributed by atoms with Crippen LogP contribution in [0, 0.1) is 13.8 Å². The minimum absolute atomic E-state index is 0.201. The molecule has 0 saturated carbocycles. The van der Waals surface area contributed by atoms with Crippen LogP contribution in [0.2, 0.25) is 5.02 Å². The number of aliphatic hydroxyl groups is 1. The smallest absolute Gasteiger partial charge is 0.239 e. The maximum Gasteiger partial charge on any atom is 0.239 e. The Morgan fingerprint density at radius 2 is 1.77 bits per heavy atom. The van der Waals surface area contributed by atoms with Crippen LogP contribution >= 0.6 is 11.6 Å².